The number of pyridine rings is 1. The van der Waals surface area contributed by atoms with Gasteiger partial charge in [0.25, 0.3) is 0 Å². The zero-order valence-corrected chi connectivity index (χ0v) is 13.6. The molecule has 3 N–H and O–H groups in total. The molecule has 0 radical (unpaired) electrons. The minimum Gasteiger partial charge on any atom is -0.395 e. The molecule has 0 spiro atoms. The van der Waals surface area contributed by atoms with Crippen molar-refractivity contribution in [2.24, 2.45) is 5.73 Å². The van der Waals surface area contributed by atoms with Gasteiger partial charge < -0.3 is 15.7 Å². The van der Waals surface area contributed by atoms with E-state index in [4.69, 9.17) is 18.0 Å². The number of anilines is 1. The monoisotopic (exact) mass is 295 g/mol. The molecule has 0 aromatic carbocycles. The molecule has 112 valence electrons. The van der Waals surface area contributed by atoms with Crippen molar-refractivity contribution in [3.05, 3.63) is 22.9 Å². The van der Waals surface area contributed by atoms with Gasteiger partial charge in [0.05, 0.1) is 12.2 Å². The minimum atomic E-state index is 0.0853. The molecule has 0 atom stereocenters. The number of hydrogen-bond acceptors (Lipinski definition) is 4. The lowest BCUT2D eigenvalue weighted by molar-refractivity contribution is 0.295. The summed E-state index contributed by atoms with van der Waals surface area (Å²) in [6.45, 7) is 8.86. The zero-order valence-electron chi connectivity index (χ0n) is 12.8. The highest BCUT2D eigenvalue weighted by atomic mass is 32.1. The van der Waals surface area contributed by atoms with Gasteiger partial charge in [-0.05, 0) is 38.3 Å². The second-order valence-electron chi connectivity index (χ2n) is 5.03. The Balaban J connectivity index is 3.41. The van der Waals surface area contributed by atoms with Gasteiger partial charge in [-0.25, -0.2) is 4.98 Å². The summed E-state index contributed by atoms with van der Waals surface area (Å²) in [5.41, 5.74) is 8.68. The van der Waals surface area contributed by atoms with Crippen LogP contribution in [-0.2, 0) is 0 Å². The van der Waals surface area contributed by atoms with Crippen LogP contribution in [0.5, 0.6) is 0 Å². The van der Waals surface area contributed by atoms with Crippen LogP contribution < -0.4 is 10.6 Å². The molecule has 1 aromatic heterocycles. The Hall–Kier alpha value is -1.20. The lowest BCUT2D eigenvalue weighted by atomic mass is 10.1. The van der Waals surface area contributed by atoms with Gasteiger partial charge in [-0.3, -0.25) is 0 Å². The number of aliphatic hydroxyl groups excluding tert-OH is 1. The van der Waals surface area contributed by atoms with Crippen LogP contribution in [-0.4, -0.2) is 34.3 Å². The third-order valence-electron chi connectivity index (χ3n) is 3.57. The fraction of sp³-hybridized carbons (Fsp3) is 0.600. The quantitative estimate of drug-likeness (QED) is 0.756. The van der Waals surface area contributed by atoms with Crippen LogP contribution in [0.25, 0.3) is 0 Å². The first-order chi connectivity index (χ1) is 9.46. The molecule has 0 bridgehead atoms. The summed E-state index contributed by atoms with van der Waals surface area (Å²) in [5, 5.41) is 9.37. The Morgan fingerprint density at radius 1 is 1.40 bits per heavy atom. The predicted octanol–water partition coefficient (Wildman–Crippen LogP) is 2.32. The molecule has 0 aliphatic carbocycles. The molecule has 0 saturated carbocycles. The maximum absolute atomic E-state index is 9.37. The van der Waals surface area contributed by atoms with E-state index in [2.05, 4.69) is 23.7 Å². The average Bonchev–Trinajstić information content (AvgIpc) is 2.37. The van der Waals surface area contributed by atoms with Gasteiger partial charge in [-0.1, -0.05) is 26.1 Å². The molecule has 20 heavy (non-hydrogen) atoms. The fourth-order valence-electron chi connectivity index (χ4n) is 2.63. The van der Waals surface area contributed by atoms with E-state index in [-0.39, 0.29) is 6.61 Å². The molecule has 0 aliphatic rings. The molecule has 0 amide bonds. The Morgan fingerprint density at radius 2 is 2.00 bits per heavy atom. The van der Waals surface area contributed by atoms with Crippen LogP contribution in [0, 0.1) is 13.8 Å². The standard InChI is InChI=1S/C15H25N3OS/c1-5-12(6-2)18(7-8-19)15-13(14(16)20)10(3)9-11(4)17-15/h9,12,19H,5-8H2,1-4H3,(H2,16,20). The maximum Gasteiger partial charge on any atom is 0.139 e. The number of rotatable bonds is 7. The molecule has 0 aliphatic heterocycles. The molecule has 0 saturated heterocycles. The van der Waals surface area contributed by atoms with E-state index in [0.29, 0.717) is 17.6 Å². The van der Waals surface area contributed by atoms with Crippen molar-refractivity contribution in [2.75, 3.05) is 18.1 Å². The summed E-state index contributed by atoms with van der Waals surface area (Å²) in [7, 11) is 0. The number of aryl methyl sites for hydroxylation is 2. The Morgan fingerprint density at radius 3 is 2.45 bits per heavy atom. The highest BCUT2D eigenvalue weighted by molar-refractivity contribution is 7.80. The van der Waals surface area contributed by atoms with E-state index in [0.717, 1.165) is 35.5 Å². The largest absolute Gasteiger partial charge is 0.395 e. The molecular weight excluding hydrogens is 270 g/mol. The SMILES string of the molecule is CCC(CC)N(CCO)c1nc(C)cc(C)c1C(N)=S. The molecule has 4 nitrogen and oxygen atoms in total. The van der Waals surface area contributed by atoms with Crippen molar-refractivity contribution < 1.29 is 5.11 Å². The molecule has 0 fully saturated rings. The van der Waals surface area contributed by atoms with Crippen LogP contribution >= 0.6 is 12.2 Å². The topological polar surface area (TPSA) is 62.4 Å². The smallest absolute Gasteiger partial charge is 0.139 e. The lowest BCUT2D eigenvalue weighted by Gasteiger charge is -2.33. The Kier molecular flexibility index (Phi) is 6.36. The van der Waals surface area contributed by atoms with Crippen molar-refractivity contribution in [1.29, 1.82) is 0 Å². The van der Waals surface area contributed by atoms with Crippen LogP contribution in [0.1, 0.15) is 43.5 Å². The summed E-state index contributed by atoms with van der Waals surface area (Å²) < 4.78 is 0. The lowest BCUT2D eigenvalue weighted by Crippen LogP contribution is -2.39. The van der Waals surface area contributed by atoms with Crippen molar-refractivity contribution in [3.8, 4) is 0 Å². The number of aliphatic hydroxyl groups is 1. The first-order valence-corrected chi connectivity index (χ1v) is 7.52. The van der Waals surface area contributed by atoms with Gasteiger partial charge in [0.2, 0.25) is 0 Å². The minimum absolute atomic E-state index is 0.0853. The number of nitrogens with zero attached hydrogens (tertiary/aromatic N) is 2. The normalized spacial score (nSPS) is 10.9. The molecule has 1 heterocycles. The summed E-state index contributed by atoms with van der Waals surface area (Å²) >= 11 is 5.19. The fourth-order valence-corrected chi connectivity index (χ4v) is 2.88. The van der Waals surface area contributed by atoms with E-state index in [9.17, 15) is 5.11 Å². The van der Waals surface area contributed by atoms with Crippen LogP contribution in [0.2, 0.25) is 0 Å². The van der Waals surface area contributed by atoms with Gasteiger partial charge in [0.15, 0.2) is 0 Å². The number of aromatic nitrogens is 1. The van der Waals surface area contributed by atoms with Gasteiger partial charge >= 0.3 is 0 Å². The number of nitrogens with two attached hydrogens (primary N) is 1. The average molecular weight is 295 g/mol. The highest BCUT2D eigenvalue weighted by Crippen LogP contribution is 2.26. The van der Waals surface area contributed by atoms with Crippen molar-refractivity contribution in [3.63, 3.8) is 0 Å². The highest BCUT2D eigenvalue weighted by Gasteiger charge is 2.22. The molecule has 1 aromatic rings. The summed E-state index contributed by atoms with van der Waals surface area (Å²) in [4.78, 5) is 7.13. The molecule has 1 rings (SSSR count). The van der Waals surface area contributed by atoms with Gasteiger partial charge in [0, 0.05) is 18.3 Å². The summed E-state index contributed by atoms with van der Waals surface area (Å²) in [6, 6.07) is 2.31. The van der Waals surface area contributed by atoms with Crippen LogP contribution in [0.15, 0.2) is 6.07 Å². The Labute approximate surface area is 127 Å². The summed E-state index contributed by atoms with van der Waals surface area (Å²) in [6.07, 6.45) is 1.98. The third-order valence-corrected chi connectivity index (χ3v) is 3.77. The Bertz CT molecular complexity index is 472. The summed E-state index contributed by atoms with van der Waals surface area (Å²) in [5.74, 6) is 0.803. The van der Waals surface area contributed by atoms with Crippen LogP contribution in [0.3, 0.4) is 0 Å². The van der Waals surface area contributed by atoms with Crippen molar-refractivity contribution in [2.45, 2.75) is 46.6 Å². The molecule has 5 heteroatoms. The molecule has 0 unspecified atom stereocenters. The third kappa shape index (κ3) is 3.67. The number of thiocarbonyl (C=S) groups is 1. The van der Waals surface area contributed by atoms with Crippen LogP contribution in [0.4, 0.5) is 5.82 Å². The maximum atomic E-state index is 9.37. The van der Waals surface area contributed by atoms with Gasteiger partial charge in [-0.15, -0.1) is 0 Å². The number of hydrogen-bond donors (Lipinski definition) is 2. The second-order valence-corrected chi connectivity index (χ2v) is 5.47. The van der Waals surface area contributed by atoms with E-state index >= 15 is 0 Å². The van der Waals surface area contributed by atoms with E-state index in [1.165, 1.54) is 0 Å². The zero-order chi connectivity index (χ0) is 15.3. The van der Waals surface area contributed by atoms with Gasteiger partial charge in [0.1, 0.15) is 10.8 Å². The molecular formula is C15H25N3OS. The van der Waals surface area contributed by atoms with E-state index in [1.807, 2.05) is 19.9 Å². The second kappa shape index (κ2) is 7.55. The van der Waals surface area contributed by atoms with Gasteiger partial charge in [-0.2, -0.15) is 0 Å². The van der Waals surface area contributed by atoms with Crippen molar-refractivity contribution in [1.82, 2.24) is 4.98 Å². The first-order valence-electron chi connectivity index (χ1n) is 7.11. The first kappa shape index (κ1) is 16.9. The van der Waals surface area contributed by atoms with E-state index in [1.54, 1.807) is 0 Å². The van der Waals surface area contributed by atoms with Crippen molar-refractivity contribution >= 4 is 23.0 Å². The van der Waals surface area contributed by atoms with E-state index < -0.39 is 0 Å². The predicted molar refractivity (Wildman–Crippen MR) is 88.4 cm³/mol.